The molecule has 114 valence electrons. The smallest absolute Gasteiger partial charge is 0.323 e. The van der Waals surface area contributed by atoms with E-state index < -0.39 is 16.9 Å². The SMILES string of the molecule is N[C@@H](Cc1ccc([N+](=O)[O-])cc1)C(=O)OCc1ccccc1. The first kappa shape index (κ1) is 15.7. The second-order valence-electron chi connectivity index (χ2n) is 4.83. The molecule has 22 heavy (non-hydrogen) atoms. The number of esters is 1. The lowest BCUT2D eigenvalue weighted by Crippen LogP contribution is -2.34. The van der Waals surface area contributed by atoms with Gasteiger partial charge in [0.1, 0.15) is 12.6 Å². The van der Waals surface area contributed by atoms with Crippen molar-refractivity contribution < 1.29 is 14.5 Å². The zero-order chi connectivity index (χ0) is 15.9. The number of nitrogens with zero attached hydrogens (tertiary/aromatic N) is 1. The first-order valence-electron chi connectivity index (χ1n) is 6.76. The highest BCUT2D eigenvalue weighted by Gasteiger charge is 2.16. The topological polar surface area (TPSA) is 95.5 Å². The Morgan fingerprint density at radius 3 is 2.32 bits per heavy atom. The number of rotatable bonds is 6. The lowest BCUT2D eigenvalue weighted by Gasteiger charge is -2.11. The third kappa shape index (κ3) is 4.39. The number of non-ortho nitro benzene ring substituents is 1. The minimum Gasteiger partial charge on any atom is -0.460 e. The molecule has 0 aliphatic heterocycles. The molecule has 2 aromatic carbocycles. The quantitative estimate of drug-likeness (QED) is 0.501. The van der Waals surface area contributed by atoms with E-state index in [4.69, 9.17) is 10.5 Å². The Bertz CT molecular complexity index is 641. The molecule has 0 amide bonds. The van der Waals surface area contributed by atoms with E-state index in [0.29, 0.717) is 0 Å². The predicted octanol–water partition coefficient (Wildman–Crippen LogP) is 2.21. The number of nitrogens with two attached hydrogens (primary N) is 1. The van der Waals surface area contributed by atoms with Crippen molar-refractivity contribution in [1.82, 2.24) is 0 Å². The standard InChI is InChI=1S/C16H16N2O4/c17-15(10-12-6-8-14(9-7-12)18(20)21)16(19)22-11-13-4-2-1-3-5-13/h1-9,15H,10-11,17H2/t15-/m0/s1. The van der Waals surface area contributed by atoms with E-state index >= 15 is 0 Å². The van der Waals surface area contributed by atoms with Crippen LogP contribution in [0.15, 0.2) is 54.6 Å². The van der Waals surface area contributed by atoms with Crippen molar-refractivity contribution >= 4 is 11.7 Å². The minimum absolute atomic E-state index is 0.00368. The Morgan fingerprint density at radius 2 is 1.73 bits per heavy atom. The van der Waals surface area contributed by atoms with Crippen molar-refractivity contribution in [3.05, 3.63) is 75.8 Å². The molecule has 0 heterocycles. The monoisotopic (exact) mass is 300 g/mol. The second kappa shape index (κ2) is 7.33. The van der Waals surface area contributed by atoms with Gasteiger partial charge in [-0.05, 0) is 17.5 Å². The molecule has 0 aliphatic carbocycles. The number of hydrogen-bond donors (Lipinski definition) is 1. The summed E-state index contributed by atoms with van der Waals surface area (Å²) in [5.74, 6) is -0.498. The van der Waals surface area contributed by atoms with Gasteiger partial charge in [-0.3, -0.25) is 14.9 Å². The van der Waals surface area contributed by atoms with Crippen molar-refractivity contribution in [2.75, 3.05) is 0 Å². The van der Waals surface area contributed by atoms with Gasteiger partial charge >= 0.3 is 5.97 Å². The number of carbonyl (C=O) groups is 1. The highest BCUT2D eigenvalue weighted by Crippen LogP contribution is 2.13. The molecule has 0 spiro atoms. The summed E-state index contributed by atoms with van der Waals surface area (Å²) in [6, 6.07) is 14.5. The summed E-state index contributed by atoms with van der Waals surface area (Å²) < 4.78 is 5.15. The van der Waals surface area contributed by atoms with Crippen molar-refractivity contribution in [3.8, 4) is 0 Å². The number of nitro groups is 1. The molecular weight excluding hydrogens is 284 g/mol. The lowest BCUT2D eigenvalue weighted by atomic mass is 10.1. The first-order valence-corrected chi connectivity index (χ1v) is 6.76. The van der Waals surface area contributed by atoms with Gasteiger partial charge in [-0.1, -0.05) is 42.5 Å². The van der Waals surface area contributed by atoms with Crippen LogP contribution >= 0.6 is 0 Å². The number of benzene rings is 2. The van der Waals surface area contributed by atoms with Crippen LogP contribution in [-0.4, -0.2) is 16.9 Å². The summed E-state index contributed by atoms with van der Waals surface area (Å²) in [4.78, 5) is 21.9. The molecular formula is C16H16N2O4. The van der Waals surface area contributed by atoms with Gasteiger partial charge in [0.25, 0.3) is 5.69 Å². The fourth-order valence-electron chi connectivity index (χ4n) is 1.93. The zero-order valence-electron chi connectivity index (χ0n) is 11.8. The van der Waals surface area contributed by atoms with E-state index in [1.54, 1.807) is 12.1 Å². The van der Waals surface area contributed by atoms with E-state index in [1.807, 2.05) is 30.3 Å². The van der Waals surface area contributed by atoms with Crippen molar-refractivity contribution in [2.45, 2.75) is 19.1 Å². The maximum absolute atomic E-state index is 11.8. The van der Waals surface area contributed by atoms with E-state index in [2.05, 4.69) is 0 Å². The van der Waals surface area contributed by atoms with Crippen LogP contribution in [0.3, 0.4) is 0 Å². The van der Waals surface area contributed by atoms with Crippen LogP contribution in [0.2, 0.25) is 0 Å². The van der Waals surface area contributed by atoms with Crippen LogP contribution in [0.25, 0.3) is 0 Å². The van der Waals surface area contributed by atoms with Gasteiger partial charge in [-0.2, -0.15) is 0 Å². The molecule has 6 heteroatoms. The summed E-state index contributed by atoms with van der Waals surface area (Å²) in [7, 11) is 0. The summed E-state index contributed by atoms with van der Waals surface area (Å²) in [6.45, 7) is 0.174. The van der Waals surface area contributed by atoms with Crippen LogP contribution in [0.5, 0.6) is 0 Å². The maximum atomic E-state index is 11.8. The van der Waals surface area contributed by atoms with E-state index in [0.717, 1.165) is 11.1 Å². The van der Waals surface area contributed by atoms with E-state index in [-0.39, 0.29) is 18.7 Å². The minimum atomic E-state index is -0.801. The molecule has 0 radical (unpaired) electrons. The van der Waals surface area contributed by atoms with Gasteiger partial charge in [0.05, 0.1) is 4.92 Å². The summed E-state index contributed by atoms with van der Waals surface area (Å²) in [6.07, 6.45) is 0.269. The normalized spacial score (nSPS) is 11.7. The highest BCUT2D eigenvalue weighted by molar-refractivity contribution is 5.75. The van der Waals surface area contributed by atoms with Gasteiger partial charge in [-0.15, -0.1) is 0 Å². The zero-order valence-corrected chi connectivity index (χ0v) is 11.8. The maximum Gasteiger partial charge on any atom is 0.323 e. The molecule has 0 bridgehead atoms. The van der Waals surface area contributed by atoms with E-state index in [9.17, 15) is 14.9 Å². The van der Waals surface area contributed by atoms with Gasteiger partial charge in [0, 0.05) is 12.1 Å². The summed E-state index contributed by atoms with van der Waals surface area (Å²) >= 11 is 0. The Morgan fingerprint density at radius 1 is 1.09 bits per heavy atom. The molecule has 2 rings (SSSR count). The van der Waals surface area contributed by atoms with Crippen LogP contribution in [0.4, 0.5) is 5.69 Å². The number of hydrogen-bond acceptors (Lipinski definition) is 5. The molecule has 1 atom stereocenters. The van der Waals surface area contributed by atoms with Crippen LogP contribution < -0.4 is 5.73 Å². The van der Waals surface area contributed by atoms with E-state index in [1.165, 1.54) is 12.1 Å². The van der Waals surface area contributed by atoms with Gasteiger partial charge in [0.2, 0.25) is 0 Å². The van der Waals surface area contributed by atoms with Gasteiger partial charge in [0.15, 0.2) is 0 Å². The molecule has 6 nitrogen and oxygen atoms in total. The largest absolute Gasteiger partial charge is 0.460 e. The first-order chi connectivity index (χ1) is 10.6. The summed E-state index contributed by atoms with van der Waals surface area (Å²) in [5.41, 5.74) is 7.44. The Labute approximate surface area is 127 Å². The van der Waals surface area contributed by atoms with Crippen molar-refractivity contribution in [2.24, 2.45) is 5.73 Å². The highest BCUT2D eigenvalue weighted by atomic mass is 16.6. The molecule has 0 fully saturated rings. The average Bonchev–Trinajstić information content (AvgIpc) is 2.54. The Hall–Kier alpha value is -2.73. The predicted molar refractivity (Wildman–Crippen MR) is 81.0 cm³/mol. The third-order valence-electron chi connectivity index (χ3n) is 3.13. The fraction of sp³-hybridized carbons (Fsp3) is 0.188. The molecule has 0 unspecified atom stereocenters. The molecule has 0 saturated carbocycles. The number of ether oxygens (including phenoxy) is 1. The van der Waals surface area contributed by atoms with Crippen LogP contribution in [-0.2, 0) is 22.6 Å². The third-order valence-corrected chi connectivity index (χ3v) is 3.13. The lowest BCUT2D eigenvalue weighted by molar-refractivity contribution is -0.384. The second-order valence-corrected chi connectivity index (χ2v) is 4.83. The molecule has 0 aliphatic rings. The molecule has 0 aromatic heterocycles. The van der Waals surface area contributed by atoms with Crippen molar-refractivity contribution in [1.29, 1.82) is 0 Å². The molecule has 0 saturated heterocycles. The average molecular weight is 300 g/mol. The Balaban J connectivity index is 1.86. The summed E-state index contributed by atoms with van der Waals surface area (Å²) in [5, 5.41) is 10.6. The number of nitro benzene ring substituents is 1. The Kier molecular flexibility index (Phi) is 5.21. The molecule has 2 N–H and O–H groups in total. The van der Waals surface area contributed by atoms with Gasteiger partial charge in [-0.25, -0.2) is 0 Å². The van der Waals surface area contributed by atoms with Crippen LogP contribution in [0.1, 0.15) is 11.1 Å². The number of carbonyl (C=O) groups excluding carboxylic acids is 1. The van der Waals surface area contributed by atoms with Crippen molar-refractivity contribution in [3.63, 3.8) is 0 Å². The molecule has 2 aromatic rings. The van der Waals surface area contributed by atoms with Crippen LogP contribution in [0, 0.1) is 10.1 Å². The van der Waals surface area contributed by atoms with Gasteiger partial charge < -0.3 is 10.5 Å². The fourth-order valence-corrected chi connectivity index (χ4v) is 1.93.